The molecule has 3 heteroatoms. The highest BCUT2D eigenvalue weighted by atomic mass is 19.1. The molecule has 1 rings (SSSR count). The molecular formula is C16H27FN2. The summed E-state index contributed by atoms with van der Waals surface area (Å²) < 4.78 is 13.4. The summed E-state index contributed by atoms with van der Waals surface area (Å²) in [6.07, 6.45) is 2.24. The van der Waals surface area contributed by atoms with Crippen molar-refractivity contribution in [3.63, 3.8) is 0 Å². The Morgan fingerprint density at radius 3 is 2.37 bits per heavy atom. The number of halogens is 1. The maximum atomic E-state index is 13.4. The van der Waals surface area contributed by atoms with Crippen LogP contribution in [-0.4, -0.2) is 26.7 Å². The summed E-state index contributed by atoms with van der Waals surface area (Å²) in [6, 6.07) is 6.89. The zero-order chi connectivity index (χ0) is 14.3. The normalized spacial score (nSPS) is 11.6. The van der Waals surface area contributed by atoms with Gasteiger partial charge in [-0.05, 0) is 50.4 Å². The van der Waals surface area contributed by atoms with Crippen LogP contribution in [0, 0.1) is 11.2 Å². The molecule has 1 aromatic carbocycles. The number of benzene rings is 1. The first-order valence-corrected chi connectivity index (χ1v) is 7.26. The molecule has 19 heavy (non-hydrogen) atoms. The first kappa shape index (κ1) is 16.0. The number of hydrogen-bond acceptors (Lipinski definition) is 2. The Morgan fingerprint density at radius 2 is 1.89 bits per heavy atom. The third-order valence-corrected chi connectivity index (χ3v) is 4.13. The molecule has 0 aliphatic heterocycles. The van der Waals surface area contributed by atoms with Crippen molar-refractivity contribution < 1.29 is 4.39 Å². The van der Waals surface area contributed by atoms with E-state index < -0.39 is 0 Å². The lowest BCUT2D eigenvalue weighted by atomic mass is 9.81. The van der Waals surface area contributed by atoms with Gasteiger partial charge in [-0.1, -0.05) is 19.9 Å². The fourth-order valence-electron chi connectivity index (χ4n) is 2.62. The lowest BCUT2D eigenvalue weighted by Gasteiger charge is -2.38. The molecule has 0 aliphatic carbocycles. The molecule has 1 N–H and O–H groups in total. The van der Waals surface area contributed by atoms with Gasteiger partial charge >= 0.3 is 0 Å². The maximum Gasteiger partial charge on any atom is 0.125 e. The van der Waals surface area contributed by atoms with Crippen LogP contribution in [0.4, 0.5) is 10.1 Å². The molecule has 0 aliphatic rings. The number of nitrogens with one attached hydrogen (secondary N) is 1. The SMILES string of the molecule is CCN(CC(CC)(CC)CNC)c1cccc(F)c1. The Morgan fingerprint density at radius 1 is 1.21 bits per heavy atom. The van der Waals surface area contributed by atoms with Crippen LogP contribution in [0.1, 0.15) is 33.6 Å². The van der Waals surface area contributed by atoms with E-state index in [0.29, 0.717) is 0 Å². The first-order chi connectivity index (χ1) is 9.10. The fourth-order valence-corrected chi connectivity index (χ4v) is 2.62. The van der Waals surface area contributed by atoms with Crippen molar-refractivity contribution in [1.82, 2.24) is 5.32 Å². The minimum atomic E-state index is -0.164. The Labute approximate surface area is 117 Å². The molecule has 0 amide bonds. The summed E-state index contributed by atoms with van der Waals surface area (Å²) in [5.41, 5.74) is 1.22. The van der Waals surface area contributed by atoms with Crippen molar-refractivity contribution in [3.05, 3.63) is 30.1 Å². The molecule has 0 unspecified atom stereocenters. The van der Waals surface area contributed by atoms with Crippen molar-refractivity contribution in [1.29, 1.82) is 0 Å². The summed E-state index contributed by atoms with van der Waals surface area (Å²) in [6.45, 7) is 9.45. The number of hydrogen-bond donors (Lipinski definition) is 1. The lowest BCUT2D eigenvalue weighted by molar-refractivity contribution is 0.260. The zero-order valence-corrected chi connectivity index (χ0v) is 12.7. The number of rotatable bonds is 8. The molecule has 0 spiro atoms. The molecule has 0 aromatic heterocycles. The van der Waals surface area contributed by atoms with Gasteiger partial charge in [-0.3, -0.25) is 0 Å². The van der Waals surface area contributed by atoms with Crippen molar-refractivity contribution in [2.45, 2.75) is 33.6 Å². The molecule has 1 aromatic rings. The van der Waals surface area contributed by atoms with Crippen LogP contribution in [0.2, 0.25) is 0 Å². The summed E-state index contributed by atoms with van der Waals surface area (Å²) >= 11 is 0. The van der Waals surface area contributed by atoms with Crippen LogP contribution in [0.15, 0.2) is 24.3 Å². The highest BCUT2D eigenvalue weighted by Crippen LogP contribution is 2.29. The quantitative estimate of drug-likeness (QED) is 0.772. The average molecular weight is 266 g/mol. The predicted molar refractivity (Wildman–Crippen MR) is 81.2 cm³/mol. The van der Waals surface area contributed by atoms with Gasteiger partial charge in [0.15, 0.2) is 0 Å². The van der Waals surface area contributed by atoms with Gasteiger partial charge in [0.25, 0.3) is 0 Å². The molecule has 0 saturated carbocycles. The lowest BCUT2D eigenvalue weighted by Crippen LogP contribution is -2.43. The molecular weight excluding hydrogens is 239 g/mol. The van der Waals surface area contributed by atoms with E-state index in [2.05, 4.69) is 31.0 Å². The Balaban J connectivity index is 2.91. The summed E-state index contributed by atoms with van der Waals surface area (Å²) in [4.78, 5) is 2.27. The molecule has 0 radical (unpaired) electrons. The van der Waals surface area contributed by atoms with Gasteiger partial charge in [0.05, 0.1) is 0 Å². The van der Waals surface area contributed by atoms with Crippen LogP contribution in [-0.2, 0) is 0 Å². The van der Waals surface area contributed by atoms with Gasteiger partial charge < -0.3 is 10.2 Å². The summed E-state index contributed by atoms with van der Waals surface area (Å²) in [5.74, 6) is -0.164. The third-order valence-electron chi connectivity index (χ3n) is 4.13. The smallest absolute Gasteiger partial charge is 0.125 e. The molecule has 0 atom stereocenters. The van der Waals surface area contributed by atoms with Crippen LogP contribution in [0.3, 0.4) is 0 Å². The predicted octanol–water partition coefficient (Wildman–Crippen LogP) is 3.68. The minimum absolute atomic E-state index is 0.164. The van der Waals surface area contributed by atoms with Gasteiger partial charge in [-0.15, -0.1) is 0 Å². The topological polar surface area (TPSA) is 15.3 Å². The van der Waals surface area contributed by atoms with Crippen LogP contribution >= 0.6 is 0 Å². The van der Waals surface area contributed by atoms with Gasteiger partial charge in [0.1, 0.15) is 5.82 Å². The fraction of sp³-hybridized carbons (Fsp3) is 0.625. The molecule has 0 fully saturated rings. The van der Waals surface area contributed by atoms with E-state index in [9.17, 15) is 4.39 Å². The van der Waals surface area contributed by atoms with Crippen molar-refractivity contribution in [2.75, 3.05) is 31.6 Å². The van der Waals surface area contributed by atoms with Gasteiger partial charge in [0, 0.05) is 25.3 Å². The largest absolute Gasteiger partial charge is 0.371 e. The molecule has 0 saturated heterocycles. The van der Waals surface area contributed by atoms with Gasteiger partial charge in [0.2, 0.25) is 0 Å². The molecule has 108 valence electrons. The van der Waals surface area contributed by atoms with Crippen molar-refractivity contribution in [2.24, 2.45) is 5.41 Å². The average Bonchev–Trinajstić information content (AvgIpc) is 2.43. The molecule has 0 bridgehead atoms. The van der Waals surface area contributed by atoms with E-state index in [0.717, 1.165) is 38.2 Å². The van der Waals surface area contributed by atoms with E-state index in [-0.39, 0.29) is 11.2 Å². The Bertz CT molecular complexity index is 375. The monoisotopic (exact) mass is 266 g/mol. The van der Waals surface area contributed by atoms with E-state index in [4.69, 9.17) is 0 Å². The number of anilines is 1. The zero-order valence-electron chi connectivity index (χ0n) is 12.7. The summed E-state index contributed by atoms with van der Waals surface area (Å²) in [7, 11) is 2.00. The van der Waals surface area contributed by atoms with E-state index in [1.165, 1.54) is 6.07 Å². The standard InChI is InChI=1S/C16H27FN2/c1-5-16(6-2,12-18-4)13-19(7-3)15-10-8-9-14(17)11-15/h8-11,18H,5-7,12-13H2,1-4H3. The summed E-state index contributed by atoms with van der Waals surface area (Å²) in [5, 5.41) is 3.30. The first-order valence-electron chi connectivity index (χ1n) is 7.26. The Hall–Kier alpha value is -1.09. The second-order valence-electron chi connectivity index (χ2n) is 5.23. The van der Waals surface area contributed by atoms with Crippen molar-refractivity contribution in [3.8, 4) is 0 Å². The van der Waals surface area contributed by atoms with E-state index >= 15 is 0 Å². The number of nitrogens with zero attached hydrogens (tertiary/aromatic N) is 1. The van der Waals surface area contributed by atoms with Crippen LogP contribution in [0.5, 0.6) is 0 Å². The second kappa shape index (κ2) is 7.49. The van der Waals surface area contributed by atoms with E-state index in [1.807, 2.05) is 13.1 Å². The van der Waals surface area contributed by atoms with Crippen LogP contribution < -0.4 is 10.2 Å². The van der Waals surface area contributed by atoms with Crippen LogP contribution in [0.25, 0.3) is 0 Å². The van der Waals surface area contributed by atoms with Crippen molar-refractivity contribution >= 4 is 5.69 Å². The Kier molecular flexibility index (Phi) is 6.29. The molecule has 2 nitrogen and oxygen atoms in total. The van der Waals surface area contributed by atoms with E-state index in [1.54, 1.807) is 12.1 Å². The maximum absolute atomic E-state index is 13.4. The molecule has 0 heterocycles. The highest BCUT2D eigenvalue weighted by Gasteiger charge is 2.28. The van der Waals surface area contributed by atoms with Gasteiger partial charge in [-0.25, -0.2) is 4.39 Å². The minimum Gasteiger partial charge on any atom is -0.371 e. The second-order valence-corrected chi connectivity index (χ2v) is 5.23. The third kappa shape index (κ3) is 4.20. The highest BCUT2D eigenvalue weighted by molar-refractivity contribution is 5.46. The van der Waals surface area contributed by atoms with Gasteiger partial charge in [-0.2, -0.15) is 0 Å².